The summed E-state index contributed by atoms with van der Waals surface area (Å²) in [4.78, 5) is 4.45. The fourth-order valence-electron chi connectivity index (χ4n) is 3.59. The lowest BCUT2D eigenvalue weighted by molar-refractivity contribution is 0.245. The van der Waals surface area contributed by atoms with Crippen molar-refractivity contribution in [3.05, 3.63) is 66.1 Å². The van der Waals surface area contributed by atoms with E-state index in [2.05, 4.69) is 21.3 Å². The molecule has 2 aromatic rings. The Labute approximate surface area is 159 Å². The van der Waals surface area contributed by atoms with Gasteiger partial charge in [-0.05, 0) is 61.3 Å². The summed E-state index contributed by atoms with van der Waals surface area (Å²) >= 11 is 0. The molecule has 4 rings (SSSR count). The van der Waals surface area contributed by atoms with Gasteiger partial charge >= 0.3 is 0 Å². The van der Waals surface area contributed by atoms with Crippen molar-refractivity contribution in [2.24, 2.45) is 5.73 Å². The highest BCUT2D eigenvalue weighted by molar-refractivity contribution is 5.55. The van der Waals surface area contributed by atoms with E-state index in [1.54, 1.807) is 0 Å². The van der Waals surface area contributed by atoms with Gasteiger partial charge in [-0.25, -0.2) is 0 Å². The summed E-state index contributed by atoms with van der Waals surface area (Å²) in [6.45, 7) is 2.94. The van der Waals surface area contributed by atoms with Crippen molar-refractivity contribution >= 4 is 5.69 Å². The van der Waals surface area contributed by atoms with Crippen LogP contribution in [-0.2, 0) is 6.61 Å². The Kier molecular flexibility index (Phi) is 5.18. The fraction of sp³-hybridized carbons (Fsp3) is 0.333. The summed E-state index contributed by atoms with van der Waals surface area (Å²) in [5.41, 5.74) is 8.19. The number of nitrogens with one attached hydrogen (secondary N) is 1. The average molecular weight is 366 g/mol. The van der Waals surface area contributed by atoms with Gasteiger partial charge in [0.25, 0.3) is 0 Å². The van der Waals surface area contributed by atoms with Crippen molar-refractivity contribution in [3.63, 3.8) is 0 Å². The Morgan fingerprint density at radius 2 is 1.78 bits per heavy atom. The van der Waals surface area contributed by atoms with Gasteiger partial charge in [-0.1, -0.05) is 12.1 Å². The van der Waals surface area contributed by atoms with Crippen LogP contribution in [0.4, 0.5) is 5.69 Å². The van der Waals surface area contributed by atoms with E-state index < -0.39 is 0 Å². The number of hydrogen-bond donors (Lipinski definition) is 3. The number of aliphatic hydroxyl groups is 1. The predicted molar refractivity (Wildman–Crippen MR) is 106 cm³/mol. The van der Waals surface area contributed by atoms with Gasteiger partial charge in [-0.3, -0.25) is 0 Å². The highest BCUT2D eigenvalue weighted by Crippen LogP contribution is 2.28. The van der Waals surface area contributed by atoms with E-state index in [9.17, 15) is 0 Å². The molecule has 142 valence electrons. The maximum atomic E-state index is 9.11. The van der Waals surface area contributed by atoms with Gasteiger partial charge in [0.05, 0.1) is 13.3 Å². The molecule has 27 heavy (non-hydrogen) atoms. The second-order valence-electron chi connectivity index (χ2n) is 7.04. The Morgan fingerprint density at radius 1 is 1.07 bits per heavy atom. The third-order valence-corrected chi connectivity index (χ3v) is 5.14. The molecule has 1 saturated heterocycles. The highest BCUT2D eigenvalue weighted by atomic mass is 16.5. The summed E-state index contributed by atoms with van der Waals surface area (Å²) in [7, 11) is 0. The number of hydrogen-bond acceptors (Lipinski definition) is 6. The van der Waals surface area contributed by atoms with E-state index in [1.165, 1.54) is 12.8 Å². The molecule has 1 fully saturated rings. The Bertz CT molecular complexity index is 783. The first kappa shape index (κ1) is 17.7. The summed E-state index contributed by atoms with van der Waals surface area (Å²) in [6.07, 6.45) is 4.47. The van der Waals surface area contributed by atoms with Crippen LogP contribution in [0.25, 0.3) is 0 Å². The minimum Gasteiger partial charge on any atom is -0.457 e. The topological polar surface area (TPSA) is 74.0 Å². The van der Waals surface area contributed by atoms with Gasteiger partial charge in [0.1, 0.15) is 17.3 Å². The molecule has 0 aliphatic carbocycles. The Morgan fingerprint density at radius 3 is 2.41 bits per heavy atom. The Hall–Kier alpha value is -2.70. The molecule has 0 spiro atoms. The summed E-state index contributed by atoms with van der Waals surface area (Å²) < 4.78 is 5.87. The van der Waals surface area contributed by atoms with E-state index in [-0.39, 0.29) is 6.61 Å². The van der Waals surface area contributed by atoms with E-state index in [1.807, 2.05) is 48.5 Å². The van der Waals surface area contributed by atoms with Crippen LogP contribution in [0.15, 0.2) is 60.6 Å². The number of ether oxygens (including phenoxy) is 1. The largest absolute Gasteiger partial charge is 0.457 e. The molecule has 1 atom stereocenters. The molecule has 1 unspecified atom stereocenters. The first-order valence-corrected chi connectivity index (χ1v) is 9.42. The number of anilines is 1. The van der Waals surface area contributed by atoms with E-state index in [0.29, 0.717) is 6.04 Å². The number of rotatable bonds is 5. The van der Waals surface area contributed by atoms with E-state index >= 15 is 0 Å². The van der Waals surface area contributed by atoms with E-state index in [0.717, 1.165) is 48.3 Å². The quantitative estimate of drug-likeness (QED) is 0.755. The normalized spacial score (nSPS) is 19.9. The minimum atomic E-state index is 0.0354. The molecule has 2 aliphatic heterocycles. The maximum Gasteiger partial charge on any atom is 0.127 e. The molecule has 2 aromatic carbocycles. The van der Waals surface area contributed by atoms with Crippen molar-refractivity contribution in [1.29, 1.82) is 0 Å². The average Bonchev–Trinajstić information content (AvgIpc) is 3.11. The van der Waals surface area contributed by atoms with Gasteiger partial charge in [0.15, 0.2) is 0 Å². The number of aliphatic hydroxyl groups excluding tert-OH is 1. The van der Waals surface area contributed by atoms with Gasteiger partial charge in [0, 0.05) is 24.5 Å². The molecule has 2 heterocycles. The second kappa shape index (κ2) is 7.90. The number of nitrogens with two attached hydrogens (primary N) is 1. The number of piperidine rings is 1. The SMILES string of the molecule is NC1=CN(C2CCCNC2)CN1c1ccc(Oc2ccc(CO)cc2)cc1. The third-order valence-electron chi connectivity index (χ3n) is 5.14. The molecule has 0 aromatic heterocycles. The molecule has 0 radical (unpaired) electrons. The van der Waals surface area contributed by atoms with Crippen LogP contribution in [0.1, 0.15) is 18.4 Å². The van der Waals surface area contributed by atoms with Crippen molar-refractivity contribution in [3.8, 4) is 11.5 Å². The van der Waals surface area contributed by atoms with Gasteiger partial charge < -0.3 is 30.7 Å². The summed E-state index contributed by atoms with van der Waals surface area (Å²) in [6, 6.07) is 15.9. The lowest BCUT2D eigenvalue weighted by Gasteiger charge is -2.32. The number of benzene rings is 2. The molecule has 0 bridgehead atoms. The van der Waals surface area contributed by atoms with Gasteiger partial charge in [-0.2, -0.15) is 0 Å². The van der Waals surface area contributed by atoms with Crippen LogP contribution in [0, 0.1) is 0 Å². The van der Waals surface area contributed by atoms with Crippen LogP contribution in [0.5, 0.6) is 11.5 Å². The lowest BCUT2D eigenvalue weighted by Crippen LogP contribution is -2.44. The highest BCUT2D eigenvalue weighted by Gasteiger charge is 2.27. The van der Waals surface area contributed by atoms with Gasteiger partial charge in [0.2, 0.25) is 0 Å². The van der Waals surface area contributed by atoms with Crippen molar-refractivity contribution in [2.75, 3.05) is 24.7 Å². The van der Waals surface area contributed by atoms with Crippen LogP contribution >= 0.6 is 0 Å². The predicted octanol–water partition coefficient (Wildman–Crippen LogP) is 2.56. The summed E-state index contributed by atoms with van der Waals surface area (Å²) in [5.74, 6) is 2.29. The molecular weight excluding hydrogens is 340 g/mol. The fourth-order valence-corrected chi connectivity index (χ4v) is 3.59. The van der Waals surface area contributed by atoms with Crippen LogP contribution < -0.4 is 20.7 Å². The molecule has 0 saturated carbocycles. The zero-order valence-corrected chi connectivity index (χ0v) is 15.3. The molecular formula is C21H26N4O2. The molecule has 4 N–H and O–H groups in total. The second-order valence-corrected chi connectivity index (χ2v) is 7.04. The molecule has 6 nitrogen and oxygen atoms in total. The van der Waals surface area contributed by atoms with Crippen molar-refractivity contribution < 1.29 is 9.84 Å². The van der Waals surface area contributed by atoms with E-state index in [4.69, 9.17) is 15.6 Å². The first-order valence-electron chi connectivity index (χ1n) is 9.42. The molecule has 6 heteroatoms. The zero-order chi connectivity index (χ0) is 18.6. The molecule has 0 amide bonds. The smallest absolute Gasteiger partial charge is 0.127 e. The monoisotopic (exact) mass is 366 g/mol. The molecule has 2 aliphatic rings. The maximum absolute atomic E-state index is 9.11. The van der Waals surface area contributed by atoms with Crippen LogP contribution in [0.2, 0.25) is 0 Å². The van der Waals surface area contributed by atoms with Gasteiger partial charge in [-0.15, -0.1) is 0 Å². The minimum absolute atomic E-state index is 0.0354. The van der Waals surface area contributed by atoms with Crippen LogP contribution in [0.3, 0.4) is 0 Å². The third kappa shape index (κ3) is 4.02. The summed E-state index contributed by atoms with van der Waals surface area (Å²) in [5, 5.41) is 12.6. The zero-order valence-electron chi connectivity index (χ0n) is 15.3. The standard InChI is InChI=1S/C21H26N4O2/c22-21-13-24(18-2-1-11-23-12-18)15-25(21)17-5-9-20(10-6-17)27-19-7-3-16(14-26)4-8-19/h3-10,13,18,23,26H,1-2,11-12,14-15,22H2. The van der Waals surface area contributed by atoms with Crippen LogP contribution in [-0.4, -0.2) is 35.8 Å². The van der Waals surface area contributed by atoms with Crippen molar-refractivity contribution in [2.45, 2.75) is 25.5 Å². The van der Waals surface area contributed by atoms with Crippen molar-refractivity contribution in [1.82, 2.24) is 10.2 Å². The lowest BCUT2D eigenvalue weighted by atomic mass is 10.1. The first-order chi connectivity index (χ1) is 13.2. The Balaban J connectivity index is 1.40. The number of nitrogens with zero attached hydrogens (tertiary/aromatic N) is 2.